The molecule has 3 amide bonds. The second-order valence-corrected chi connectivity index (χ2v) is 5.69. The molecule has 0 saturated carbocycles. The summed E-state index contributed by atoms with van der Waals surface area (Å²) in [5.74, 6) is 0.164. The van der Waals surface area contributed by atoms with Crippen molar-refractivity contribution in [1.82, 2.24) is 10.6 Å². The summed E-state index contributed by atoms with van der Waals surface area (Å²) in [4.78, 5) is 24.6. The van der Waals surface area contributed by atoms with Gasteiger partial charge >= 0.3 is 6.03 Å². The van der Waals surface area contributed by atoms with Gasteiger partial charge in [-0.1, -0.05) is 48.5 Å². The molecule has 1 aliphatic heterocycles. The highest BCUT2D eigenvalue weighted by Crippen LogP contribution is 2.38. The van der Waals surface area contributed by atoms with Gasteiger partial charge in [-0.2, -0.15) is 0 Å². The van der Waals surface area contributed by atoms with Gasteiger partial charge < -0.3 is 10.1 Å². The Morgan fingerprint density at radius 3 is 2.22 bits per heavy atom. The molecule has 1 atom stereocenters. The summed E-state index contributed by atoms with van der Waals surface area (Å²) >= 11 is 0. The molecule has 2 N–H and O–H groups in total. The highest BCUT2D eigenvalue weighted by atomic mass is 16.5. The van der Waals surface area contributed by atoms with Crippen LogP contribution in [-0.2, 0) is 10.3 Å². The zero-order chi connectivity index (χ0) is 16.4. The van der Waals surface area contributed by atoms with Crippen LogP contribution >= 0.6 is 0 Å². The topological polar surface area (TPSA) is 67.4 Å². The van der Waals surface area contributed by atoms with Gasteiger partial charge in [0.25, 0.3) is 5.91 Å². The molecule has 0 spiro atoms. The lowest BCUT2D eigenvalue weighted by atomic mass is 9.82. The van der Waals surface area contributed by atoms with E-state index in [1.807, 2.05) is 56.3 Å². The van der Waals surface area contributed by atoms with Gasteiger partial charge in [-0.25, -0.2) is 4.79 Å². The quantitative estimate of drug-likeness (QED) is 0.853. The summed E-state index contributed by atoms with van der Waals surface area (Å²) < 4.78 is 5.86. The van der Waals surface area contributed by atoms with E-state index in [1.165, 1.54) is 0 Å². The van der Waals surface area contributed by atoms with Crippen molar-refractivity contribution in [1.29, 1.82) is 0 Å². The van der Waals surface area contributed by atoms with E-state index in [2.05, 4.69) is 10.6 Å². The second-order valence-electron chi connectivity index (χ2n) is 5.69. The SMILES string of the molecule is CC(C)Oc1ccccc1[C@]1(c2ccccc2)NC(=O)NC1=O. The molecule has 5 heteroatoms. The van der Waals surface area contributed by atoms with Gasteiger partial charge in [0.2, 0.25) is 0 Å². The molecule has 1 aliphatic rings. The Balaban J connectivity index is 2.23. The molecule has 2 aromatic carbocycles. The molecule has 0 aliphatic carbocycles. The highest BCUT2D eigenvalue weighted by molar-refractivity contribution is 6.09. The van der Waals surface area contributed by atoms with Gasteiger partial charge in [0.15, 0.2) is 5.54 Å². The van der Waals surface area contributed by atoms with Crippen molar-refractivity contribution in [2.75, 3.05) is 0 Å². The van der Waals surface area contributed by atoms with E-state index in [-0.39, 0.29) is 6.10 Å². The smallest absolute Gasteiger partial charge is 0.322 e. The van der Waals surface area contributed by atoms with E-state index in [0.29, 0.717) is 16.9 Å². The number of urea groups is 1. The molecule has 3 rings (SSSR count). The minimum Gasteiger partial charge on any atom is -0.491 e. The monoisotopic (exact) mass is 310 g/mol. The molecule has 0 unspecified atom stereocenters. The first-order valence-corrected chi connectivity index (χ1v) is 7.49. The van der Waals surface area contributed by atoms with Crippen molar-refractivity contribution in [2.24, 2.45) is 0 Å². The number of ether oxygens (including phenoxy) is 1. The zero-order valence-electron chi connectivity index (χ0n) is 13.0. The standard InChI is InChI=1S/C18H18N2O3/c1-12(2)23-15-11-7-6-10-14(15)18(13-8-4-3-5-9-13)16(21)19-17(22)20-18/h3-12H,1-2H3,(H2,19,20,21,22)/t18-/m0/s1. The Morgan fingerprint density at radius 1 is 0.957 bits per heavy atom. The van der Waals surface area contributed by atoms with E-state index >= 15 is 0 Å². The van der Waals surface area contributed by atoms with E-state index in [0.717, 1.165) is 0 Å². The van der Waals surface area contributed by atoms with Crippen LogP contribution in [0.4, 0.5) is 4.79 Å². The Kier molecular flexibility index (Phi) is 3.78. The van der Waals surface area contributed by atoms with Crippen LogP contribution in [0.15, 0.2) is 54.6 Å². The largest absolute Gasteiger partial charge is 0.491 e. The summed E-state index contributed by atoms with van der Waals surface area (Å²) in [6.07, 6.45) is -0.0517. The summed E-state index contributed by atoms with van der Waals surface area (Å²) in [6, 6.07) is 15.9. The second kappa shape index (κ2) is 5.76. The van der Waals surface area contributed by atoms with Crippen molar-refractivity contribution in [3.63, 3.8) is 0 Å². The van der Waals surface area contributed by atoms with E-state index in [9.17, 15) is 9.59 Å². The number of para-hydroxylation sites is 1. The fourth-order valence-electron chi connectivity index (χ4n) is 2.82. The van der Waals surface area contributed by atoms with Gasteiger partial charge in [0, 0.05) is 5.56 Å². The molecule has 23 heavy (non-hydrogen) atoms. The third-order valence-corrected chi connectivity index (χ3v) is 3.73. The number of imide groups is 1. The molecule has 1 heterocycles. The van der Waals surface area contributed by atoms with Crippen LogP contribution in [0.25, 0.3) is 0 Å². The van der Waals surface area contributed by atoms with Crippen molar-refractivity contribution < 1.29 is 14.3 Å². The summed E-state index contributed by atoms with van der Waals surface area (Å²) in [5.41, 5.74) is 0.00973. The van der Waals surface area contributed by atoms with E-state index in [4.69, 9.17) is 4.74 Å². The van der Waals surface area contributed by atoms with Gasteiger partial charge in [-0.05, 0) is 25.5 Å². The summed E-state index contributed by atoms with van der Waals surface area (Å²) in [7, 11) is 0. The first kappa shape index (κ1) is 15.1. The normalized spacial score (nSPS) is 20.3. The number of hydrogen-bond acceptors (Lipinski definition) is 3. The minimum absolute atomic E-state index is 0.0517. The lowest BCUT2D eigenvalue weighted by Crippen LogP contribution is -2.45. The van der Waals surface area contributed by atoms with Crippen LogP contribution in [-0.4, -0.2) is 18.0 Å². The number of hydrogen-bond donors (Lipinski definition) is 2. The van der Waals surface area contributed by atoms with Crippen molar-refractivity contribution >= 4 is 11.9 Å². The number of carbonyl (C=O) groups excluding carboxylic acids is 2. The van der Waals surface area contributed by atoms with Crippen LogP contribution in [0, 0.1) is 0 Å². The first-order valence-electron chi connectivity index (χ1n) is 7.49. The fraction of sp³-hybridized carbons (Fsp3) is 0.222. The Morgan fingerprint density at radius 2 is 1.61 bits per heavy atom. The fourth-order valence-corrected chi connectivity index (χ4v) is 2.82. The van der Waals surface area contributed by atoms with Gasteiger partial charge in [-0.15, -0.1) is 0 Å². The first-order chi connectivity index (χ1) is 11.0. The lowest BCUT2D eigenvalue weighted by molar-refractivity contribution is -0.123. The highest BCUT2D eigenvalue weighted by Gasteiger charge is 2.50. The van der Waals surface area contributed by atoms with E-state index in [1.54, 1.807) is 12.1 Å². The molecule has 0 aromatic heterocycles. The number of carbonyl (C=O) groups is 2. The zero-order valence-corrected chi connectivity index (χ0v) is 13.0. The minimum atomic E-state index is -1.29. The van der Waals surface area contributed by atoms with Gasteiger partial charge in [0.05, 0.1) is 6.10 Å². The van der Waals surface area contributed by atoms with Crippen molar-refractivity contribution in [3.8, 4) is 5.75 Å². The lowest BCUT2D eigenvalue weighted by Gasteiger charge is -2.29. The number of rotatable bonds is 4. The average Bonchev–Trinajstić information content (AvgIpc) is 2.83. The maximum absolute atomic E-state index is 12.7. The molecule has 2 aromatic rings. The molecule has 5 nitrogen and oxygen atoms in total. The maximum Gasteiger partial charge on any atom is 0.322 e. The van der Waals surface area contributed by atoms with Gasteiger partial charge in [0.1, 0.15) is 5.75 Å². The number of amides is 3. The van der Waals surface area contributed by atoms with Crippen LogP contribution in [0.3, 0.4) is 0 Å². The molecule has 1 fully saturated rings. The molecule has 118 valence electrons. The van der Waals surface area contributed by atoms with Gasteiger partial charge in [-0.3, -0.25) is 10.1 Å². The van der Waals surface area contributed by atoms with Crippen LogP contribution in [0.5, 0.6) is 5.75 Å². The van der Waals surface area contributed by atoms with Crippen molar-refractivity contribution in [3.05, 3.63) is 65.7 Å². The predicted octanol–water partition coefficient (Wildman–Crippen LogP) is 2.56. The van der Waals surface area contributed by atoms with Crippen LogP contribution in [0.2, 0.25) is 0 Å². The molecular formula is C18H18N2O3. The number of benzene rings is 2. The molecular weight excluding hydrogens is 292 g/mol. The summed E-state index contributed by atoms with van der Waals surface area (Å²) in [5, 5.41) is 5.12. The summed E-state index contributed by atoms with van der Waals surface area (Å²) in [6.45, 7) is 3.83. The van der Waals surface area contributed by atoms with Crippen LogP contribution < -0.4 is 15.4 Å². The van der Waals surface area contributed by atoms with E-state index < -0.39 is 17.5 Å². The maximum atomic E-state index is 12.7. The molecule has 1 saturated heterocycles. The molecule has 0 bridgehead atoms. The van der Waals surface area contributed by atoms with Crippen LogP contribution in [0.1, 0.15) is 25.0 Å². The Bertz CT molecular complexity index is 743. The van der Waals surface area contributed by atoms with Crippen molar-refractivity contribution in [2.45, 2.75) is 25.5 Å². The third kappa shape index (κ3) is 2.54. The Labute approximate surface area is 134 Å². The predicted molar refractivity (Wildman–Crippen MR) is 86.1 cm³/mol. The third-order valence-electron chi connectivity index (χ3n) is 3.73. The Hall–Kier alpha value is -2.82. The molecule has 0 radical (unpaired) electrons. The number of nitrogens with one attached hydrogen (secondary N) is 2. The average molecular weight is 310 g/mol.